The normalized spacial score (nSPS) is 15.2. The van der Waals surface area contributed by atoms with E-state index in [1.165, 1.54) is 17.7 Å². The minimum Gasteiger partial charge on any atom is -0.338 e. The van der Waals surface area contributed by atoms with Gasteiger partial charge in [-0.05, 0) is 78.5 Å². The standard InChI is InChI=1S/C26H33FN4O/c1-17(2)13-23(26(3,4)16-28-25(32)30-21-8-9-21)18-5-12-24-19(14-18)15-29-31(24)22-10-6-20(27)7-11-22/h5-7,10-12,14-15,17,21,23H,8-9,13,16H2,1-4H3,(H2,28,30,32). The molecule has 0 bridgehead atoms. The second-order valence-corrected chi connectivity index (χ2v) is 10.1. The van der Waals surface area contributed by atoms with Gasteiger partial charge in [-0.3, -0.25) is 0 Å². The fourth-order valence-electron chi connectivity index (χ4n) is 4.33. The van der Waals surface area contributed by atoms with E-state index >= 15 is 0 Å². The maximum Gasteiger partial charge on any atom is 0.315 e. The topological polar surface area (TPSA) is 59.0 Å². The molecule has 32 heavy (non-hydrogen) atoms. The molecule has 0 spiro atoms. The van der Waals surface area contributed by atoms with Gasteiger partial charge in [0.15, 0.2) is 0 Å². The number of benzene rings is 2. The first-order valence-corrected chi connectivity index (χ1v) is 11.5. The lowest BCUT2D eigenvalue weighted by Gasteiger charge is -2.36. The van der Waals surface area contributed by atoms with Crippen LogP contribution in [-0.2, 0) is 0 Å². The molecule has 5 nitrogen and oxygen atoms in total. The number of aromatic nitrogens is 2. The first kappa shape index (κ1) is 22.3. The van der Waals surface area contributed by atoms with Crippen molar-refractivity contribution in [1.82, 2.24) is 20.4 Å². The first-order chi connectivity index (χ1) is 15.2. The van der Waals surface area contributed by atoms with Crippen molar-refractivity contribution in [3.63, 3.8) is 0 Å². The van der Waals surface area contributed by atoms with Crippen LogP contribution in [0, 0.1) is 17.2 Å². The minimum absolute atomic E-state index is 0.0695. The number of hydrogen-bond acceptors (Lipinski definition) is 2. The fourth-order valence-corrected chi connectivity index (χ4v) is 4.33. The van der Waals surface area contributed by atoms with Crippen molar-refractivity contribution in [3.8, 4) is 5.69 Å². The number of halogens is 1. The van der Waals surface area contributed by atoms with Crippen molar-refractivity contribution in [1.29, 1.82) is 0 Å². The van der Waals surface area contributed by atoms with Crippen LogP contribution >= 0.6 is 0 Å². The molecule has 1 atom stereocenters. The average molecular weight is 437 g/mol. The van der Waals surface area contributed by atoms with Gasteiger partial charge in [0.2, 0.25) is 0 Å². The summed E-state index contributed by atoms with van der Waals surface area (Å²) in [5.41, 5.74) is 2.95. The van der Waals surface area contributed by atoms with E-state index in [0.29, 0.717) is 18.5 Å². The summed E-state index contributed by atoms with van der Waals surface area (Å²) in [6, 6.07) is 13.1. The van der Waals surface area contributed by atoms with E-state index in [9.17, 15) is 9.18 Å². The predicted octanol–water partition coefficient (Wildman–Crippen LogP) is 5.78. The van der Waals surface area contributed by atoms with Crippen LogP contribution in [0.15, 0.2) is 48.7 Å². The molecule has 1 heterocycles. The lowest BCUT2D eigenvalue weighted by Crippen LogP contribution is -2.43. The Morgan fingerprint density at radius 2 is 1.91 bits per heavy atom. The lowest BCUT2D eigenvalue weighted by atomic mass is 9.71. The van der Waals surface area contributed by atoms with Gasteiger partial charge in [-0.2, -0.15) is 5.10 Å². The Kier molecular flexibility index (Phi) is 6.22. The number of fused-ring (bicyclic) bond motifs is 1. The third kappa shape index (κ3) is 5.12. The SMILES string of the molecule is CC(C)CC(c1ccc2c(cnn2-c2ccc(F)cc2)c1)C(C)(C)CNC(=O)NC1CC1. The molecule has 0 aliphatic heterocycles. The van der Waals surface area contributed by atoms with Crippen LogP contribution in [0.25, 0.3) is 16.6 Å². The number of nitrogens with zero attached hydrogens (tertiary/aromatic N) is 2. The second kappa shape index (κ2) is 8.93. The molecule has 0 saturated heterocycles. The molecule has 2 aromatic carbocycles. The number of carbonyl (C=O) groups is 1. The smallest absolute Gasteiger partial charge is 0.315 e. The van der Waals surface area contributed by atoms with Crippen LogP contribution in [0.4, 0.5) is 9.18 Å². The summed E-state index contributed by atoms with van der Waals surface area (Å²) >= 11 is 0. The summed E-state index contributed by atoms with van der Waals surface area (Å²) in [7, 11) is 0. The van der Waals surface area contributed by atoms with E-state index < -0.39 is 0 Å². The van der Waals surface area contributed by atoms with Gasteiger partial charge in [0.05, 0.1) is 17.4 Å². The molecule has 1 aliphatic rings. The zero-order valence-corrected chi connectivity index (χ0v) is 19.4. The zero-order chi connectivity index (χ0) is 22.9. The van der Waals surface area contributed by atoms with Gasteiger partial charge in [-0.25, -0.2) is 13.9 Å². The summed E-state index contributed by atoms with van der Waals surface area (Å²) in [6.45, 7) is 9.53. The monoisotopic (exact) mass is 436 g/mol. The van der Waals surface area contributed by atoms with E-state index in [0.717, 1.165) is 35.9 Å². The van der Waals surface area contributed by atoms with Crippen molar-refractivity contribution in [3.05, 3.63) is 60.0 Å². The van der Waals surface area contributed by atoms with Crippen LogP contribution in [-0.4, -0.2) is 28.4 Å². The highest BCUT2D eigenvalue weighted by atomic mass is 19.1. The Bertz CT molecular complexity index is 1080. The average Bonchev–Trinajstić information content (AvgIpc) is 3.46. The van der Waals surface area contributed by atoms with Gasteiger partial charge < -0.3 is 10.6 Å². The van der Waals surface area contributed by atoms with Gasteiger partial charge in [0.1, 0.15) is 5.82 Å². The molecule has 1 fully saturated rings. The molecule has 2 amide bonds. The molecule has 1 saturated carbocycles. The molecule has 0 radical (unpaired) electrons. The highest BCUT2D eigenvalue weighted by molar-refractivity contribution is 5.81. The van der Waals surface area contributed by atoms with Crippen LogP contribution in [0.3, 0.4) is 0 Å². The molecule has 170 valence electrons. The predicted molar refractivity (Wildman–Crippen MR) is 127 cm³/mol. The van der Waals surface area contributed by atoms with Gasteiger partial charge in [0.25, 0.3) is 0 Å². The van der Waals surface area contributed by atoms with Crippen LogP contribution in [0.1, 0.15) is 58.4 Å². The largest absolute Gasteiger partial charge is 0.338 e. The van der Waals surface area contributed by atoms with Crippen molar-refractivity contribution in [2.24, 2.45) is 11.3 Å². The van der Waals surface area contributed by atoms with E-state index in [1.54, 1.807) is 12.1 Å². The summed E-state index contributed by atoms with van der Waals surface area (Å²) in [5, 5.41) is 11.7. The zero-order valence-electron chi connectivity index (χ0n) is 19.4. The first-order valence-electron chi connectivity index (χ1n) is 11.5. The molecule has 2 N–H and O–H groups in total. The van der Waals surface area contributed by atoms with Crippen LogP contribution in [0.5, 0.6) is 0 Å². The maximum absolute atomic E-state index is 13.3. The number of amides is 2. The third-order valence-corrected chi connectivity index (χ3v) is 6.33. The molecule has 1 aromatic heterocycles. The molecule has 1 unspecified atom stereocenters. The van der Waals surface area contributed by atoms with Gasteiger partial charge in [-0.1, -0.05) is 33.8 Å². The Morgan fingerprint density at radius 3 is 2.56 bits per heavy atom. The minimum atomic E-state index is -0.259. The lowest BCUT2D eigenvalue weighted by molar-refractivity contribution is 0.217. The summed E-state index contributed by atoms with van der Waals surface area (Å²) in [5.74, 6) is 0.546. The Morgan fingerprint density at radius 1 is 1.19 bits per heavy atom. The number of rotatable bonds is 8. The van der Waals surface area contributed by atoms with Crippen LogP contribution < -0.4 is 10.6 Å². The molecule has 6 heteroatoms. The Labute approximate surface area is 189 Å². The van der Waals surface area contributed by atoms with Crippen molar-refractivity contribution in [2.45, 2.75) is 58.9 Å². The fraction of sp³-hybridized carbons (Fsp3) is 0.462. The number of hydrogen-bond donors (Lipinski definition) is 2. The quantitative estimate of drug-likeness (QED) is 0.470. The molecule has 1 aliphatic carbocycles. The van der Waals surface area contributed by atoms with Crippen molar-refractivity contribution in [2.75, 3.05) is 6.54 Å². The van der Waals surface area contributed by atoms with E-state index in [1.807, 2.05) is 10.9 Å². The van der Waals surface area contributed by atoms with E-state index in [2.05, 4.69) is 61.6 Å². The van der Waals surface area contributed by atoms with E-state index in [-0.39, 0.29) is 23.2 Å². The molecule has 4 rings (SSSR count). The molecular weight excluding hydrogens is 403 g/mol. The second-order valence-electron chi connectivity index (χ2n) is 10.1. The highest BCUT2D eigenvalue weighted by Gasteiger charge is 2.33. The number of urea groups is 1. The van der Waals surface area contributed by atoms with Crippen molar-refractivity contribution >= 4 is 16.9 Å². The molecular formula is C26H33FN4O. The van der Waals surface area contributed by atoms with Gasteiger partial charge >= 0.3 is 6.03 Å². The van der Waals surface area contributed by atoms with E-state index in [4.69, 9.17) is 0 Å². The van der Waals surface area contributed by atoms with Crippen molar-refractivity contribution < 1.29 is 9.18 Å². The Balaban J connectivity index is 1.58. The highest BCUT2D eigenvalue weighted by Crippen LogP contribution is 2.41. The van der Waals surface area contributed by atoms with Crippen LogP contribution in [0.2, 0.25) is 0 Å². The number of carbonyl (C=O) groups excluding carboxylic acids is 1. The van der Waals surface area contributed by atoms with Gasteiger partial charge in [0, 0.05) is 18.0 Å². The molecule has 3 aromatic rings. The Hall–Kier alpha value is -2.89. The number of nitrogens with one attached hydrogen (secondary N) is 2. The maximum atomic E-state index is 13.3. The summed E-state index contributed by atoms with van der Waals surface area (Å²) in [6.07, 6.45) is 5.05. The summed E-state index contributed by atoms with van der Waals surface area (Å²) in [4.78, 5) is 12.2. The van der Waals surface area contributed by atoms with Gasteiger partial charge in [-0.15, -0.1) is 0 Å². The third-order valence-electron chi connectivity index (χ3n) is 6.33. The summed E-state index contributed by atoms with van der Waals surface area (Å²) < 4.78 is 15.2.